The molecule has 0 saturated heterocycles. The maximum absolute atomic E-state index is 12.9. The molecule has 1 radical (unpaired) electrons. The van der Waals surface area contributed by atoms with Gasteiger partial charge in [-0.1, -0.05) is 18.2 Å². The zero-order valence-electron chi connectivity index (χ0n) is 8.60. The second-order valence-electron chi connectivity index (χ2n) is 3.28. The number of hydrogen-bond donors (Lipinski definition) is 0. The van der Waals surface area contributed by atoms with Crippen LogP contribution in [0.3, 0.4) is 0 Å². The summed E-state index contributed by atoms with van der Waals surface area (Å²) in [6, 6.07) is 9.90. The number of thiazole rings is 1. The Morgan fingerprint density at radius 2 is 2.19 bits per heavy atom. The number of alkyl halides is 1. The van der Waals surface area contributed by atoms with Gasteiger partial charge in [-0.2, -0.15) is 0 Å². The number of hydrogen-bond acceptors (Lipinski definition) is 3. The Morgan fingerprint density at radius 1 is 1.38 bits per heavy atom. The highest BCUT2D eigenvalue weighted by molar-refractivity contribution is 8.00. The minimum absolute atomic E-state index is 0.0538. The predicted molar refractivity (Wildman–Crippen MR) is 66.7 cm³/mol. The van der Waals surface area contributed by atoms with Crippen LogP contribution in [0.25, 0.3) is 0 Å². The lowest BCUT2D eigenvalue weighted by Crippen LogP contribution is -2.08. The molecule has 1 aromatic heterocycles. The lowest BCUT2D eigenvalue weighted by Gasteiger charge is -2.10. The van der Waals surface area contributed by atoms with Gasteiger partial charge in [-0.05, 0) is 12.1 Å². The number of rotatable bonds is 5. The molecule has 0 bridgehead atoms. The largest absolute Gasteiger partial charge is 0.250 e. The van der Waals surface area contributed by atoms with Crippen LogP contribution in [-0.4, -0.2) is 16.9 Å². The molecule has 0 amide bonds. The average molecular weight is 252 g/mol. The van der Waals surface area contributed by atoms with Gasteiger partial charge < -0.3 is 0 Å². The van der Waals surface area contributed by atoms with E-state index in [1.54, 1.807) is 17.1 Å². The van der Waals surface area contributed by atoms with E-state index < -0.39 is 0 Å². The van der Waals surface area contributed by atoms with E-state index in [4.69, 9.17) is 0 Å². The molecule has 4 heteroatoms. The standard InChI is InChI=1S/C12H11FNS2/c13-9-11(8-12-14-6-7-15-12)16-10-4-2-1-3-5-10/h1-5,7,11H,8-9H2. The van der Waals surface area contributed by atoms with E-state index in [1.807, 2.05) is 30.3 Å². The Kier molecular flexibility index (Phi) is 4.36. The van der Waals surface area contributed by atoms with Gasteiger partial charge in [-0.15, -0.1) is 23.1 Å². The molecule has 2 rings (SSSR count). The average Bonchev–Trinajstić information content (AvgIpc) is 2.82. The van der Waals surface area contributed by atoms with Crippen LogP contribution < -0.4 is 0 Å². The van der Waals surface area contributed by atoms with Gasteiger partial charge in [0.05, 0.1) is 5.01 Å². The monoisotopic (exact) mass is 252 g/mol. The van der Waals surface area contributed by atoms with E-state index in [2.05, 4.69) is 11.2 Å². The summed E-state index contributed by atoms with van der Waals surface area (Å²) in [6.45, 7) is -0.334. The van der Waals surface area contributed by atoms with E-state index in [9.17, 15) is 4.39 Å². The van der Waals surface area contributed by atoms with Crippen LogP contribution >= 0.6 is 23.1 Å². The first-order chi connectivity index (χ1) is 7.88. The Bertz CT molecular complexity index is 402. The van der Waals surface area contributed by atoms with Crippen LogP contribution in [0.15, 0.2) is 40.6 Å². The van der Waals surface area contributed by atoms with Gasteiger partial charge in [-0.25, -0.2) is 9.37 Å². The van der Waals surface area contributed by atoms with Crippen LogP contribution in [0.5, 0.6) is 0 Å². The maximum Gasteiger partial charge on any atom is 0.102 e. The molecule has 16 heavy (non-hydrogen) atoms. The number of aromatic nitrogens is 1. The van der Waals surface area contributed by atoms with Crippen molar-refractivity contribution in [3.05, 3.63) is 46.9 Å². The molecule has 0 N–H and O–H groups in total. The van der Waals surface area contributed by atoms with Crippen molar-refractivity contribution in [2.45, 2.75) is 16.6 Å². The van der Waals surface area contributed by atoms with E-state index in [-0.39, 0.29) is 11.9 Å². The van der Waals surface area contributed by atoms with E-state index in [0.29, 0.717) is 6.42 Å². The molecule has 83 valence electrons. The first kappa shape index (κ1) is 11.6. The van der Waals surface area contributed by atoms with Crippen LogP contribution in [0, 0.1) is 6.20 Å². The minimum atomic E-state index is -0.334. The molecule has 2 aromatic rings. The Labute approximate surface area is 103 Å². The molecule has 0 aliphatic carbocycles. The lowest BCUT2D eigenvalue weighted by atomic mass is 10.3. The molecular weight excluding hydrogens is 241 g/mol. The van der Waals surface area contributed by atoms with Crippen LogP contribution in [-0.2, 0) is 6.42 Å². The Morgan fingerprint density at radius 3 is 2.81 bits per heavy atom. The van der Waals surface area contributed by atoms with Gasteiger partial charge in [-0.3, -0.25) is 0 Å². The molecule has 1 atom stereocenters. The third-order valence-corrected chi connectivity index (χ3v) is 3.98. The number of benzene rings is 1. The molecule has 1 nitrogen and oxygen atoms in total. The fraction of sp³-hybridized carbons (Fsp3) is 0.250. The highest BCUT2D eigenvalue weighted by Gasteiger charge is 2.12. The van der Waals surface area contributed by atoms with Crippen LogP contribution in [0.2, 0.25) is 0 Å². The second kappa shape index (κ2) is 6.01. The van der Waals surface area contributed by atoms with Crippen molar-refractivity contribution in [1.82, 2.24) is 4.98 Å². The quantitative estimate of drug-likeness (QED) is 0.754. The first-order valence-corrected chi connectivity index (χ1v) is 6.72. The zero-order chi connectivity index (χ0) is 11.2. The number of thioether (sulfide) groups is 1. The maximum atomic E-state index is 12.9. The molecular formula is C12H11FNS2. The van der Waals surface area contributed by atoms with E-state index in [0.717, 1.165) is 9.90 Å². The number of halogens is 1. The summed E-state index contributed by atoms with van der Waals surface area (Å²) in [5.74, 6) is 0. The van der Waals surface area contributed by atoms with Crippen molar-refractivity contribution in [2.24, 2.45) is 0 Å². The molecule has 1 heterocycles. The van der Waals surface area contributed by atoms with Gasteiger partial charge in [0.2, 0.25) is 0 Å². The third-order valence-electron chi connectivity index (χ3n) is 2.06. The Balaban J connectivity index is 1.96. The molecule has 0 fully saturated rings. The van der Waals surface area contributed by atoms with E-state index in [1.165, 1.54) is 11.3 Å². The number of nitrogens with zero attached hydrogens (tertiary/aromatic N) is 1. The van der Waals surface area contributed by atoms with Gasteiger partial charge in [0, 0.05) is 21.9 Å². The van der Waals surface area contributed by atoms with Crippen molar-refractivity contribution in [1.29, 1.82) is 0 Å². The summed E-state index contributed by atoms with van der Waals surface area (Å²) in [7, 11) is 0. The second-order valence-corrected chi connectivity index (χ2v) is 5.60. The van der Waals surface area contributed by atoms with Crippen LogP contribution in [0.4, 0.5) is 4.39 Å². The van der Waals surface area contributed by atoms with Crippen LogP contribution in [0.1, 0.15) is 5.01 Å². The van der Waals surface area contributed by atoms with Crippen molar-refractivity contribution in [3.8, 4) is 0 Å². The summed E-state index contributed by atoms with van der Waals surface area (Å²) in [6.07, 6.45) is 3.43. The smallest absolute Gasteiger partial charge is 0.102 e. The zero-order valence-corrected chi connectivity index (χ0v) is 10.2. The minimum Gasteiger partial charge on any atom is -0.250 e. The molecule has 0 saturated carbocycles. The van der Waals surface area contributed by atoms with Gasteiger partial charge in [0.15, 0.2) is 0 Å². The topological polar surface area (TPSA) is 12.9 Å². The SMILES string of the molecule is FCC(Cc1n[c]cs1)Sc1ccccc1. The first-order valence-electron chi connectivity index (χ1n) is 4.96. The van der Waals surface area contributed by atoms with Gasteiger partial charge in [0.1, 0.15) is 12.9 Å². The summed E-state index contributed by atoms with van der Waals surface area (Å²) < 4.78 is 12.9. The summed E-state index contributed by atoms with van der Waals surface area (Å²) in [5.41, 5.74) is 0. The molecule has 1 aromatic carbocycles. The lowest BCUT2D eigenvalue weighted by molar-refractivity contribution is 0.481. The third kappa shape index (κ3) is 3.32. The van der Waals surface area contributed by atoms with Crippen molar-refractivity contribution in [2.75, 3.05) is 6.67 Å². The summed E-state index contributed by atoms with van der Waals surface area (Å²) in [5, 5.41) is 2.70. The van der Waals surface area contributed by atoms with Gasteiger partial charge >= 0.3 is 0 Å². The fourth-order valence-corrected chi connectivity index (χ4v) is 3.08. The Hall–Kier alpha value is -0.870. The summed E-state index contributed by atoms with van der Waals surface area (Å²) >= 11 is 3.10. The summed E-state index contributed by atoms with van der Waals surface area (Å²) in [4.78, 5) is 5.16. The molecule has 0 aliphatic rings. The van der Waals surface area contributed by atoms with Crippen molar-refractivity contribution in [3.63, 3.8) is 0 Å². The molecule has 0 aliphatic heterocycles. The van der Waals surface area contributed by atoms with Crippen molar-refractivity contribution >= 4 is 23.1 Å². The highest BCUT2D eigenvalue weighted by Crippen LogP contribution is 2.26. The normalized spacial score (nSPS) is 12.6. The fourth-order valence-electron chi connectivity index (χ4n) is 1.33. The van der Waals surface area contributed by atoms with E-state index >= 15 is 0 Å². The van der Waals surface area contributed by atoms with Crippen molar-refractivity contribution < 1.29 is 4.39 Å². The molecule has 0 spiro atoms. The highest BCUT2D eigenvalue weighted by atomic mass is 32.2. The predicted octanol–water partition coefficient (Wildman–Crippen LogP) is 3.62. The van der Waals surface area contributed by atoms with Gasteiger partial charge in [0.25, 0.3) is 0 Å². The molecule has 1 unspecified atom stereocenters.